The van der Waals surface area contributed by atoms with Crippen LogP contribution < -0.4 is 4.31 Å². The summed E-state index contributed by atoms with van der Waals surface area (Å²) in [6.45, 7) is 3.98. The zero-order valence-electron chi connectivity index (χ0n) is 13.3. The number of carboxylic acid groups (broad SMARTS) is 1. The Morgan fingerprint density at radius 1 is 1.09 bits per heavy atom. The first-order chi connectivity index (χ1) is 10.7. The molecule has 0 aromatic heterocycles. The Kier molecular flexibility index (Phi) is 4.75. The molecule has 1 N–H and O–H groups in total. The number of hydrogen-bond donors (Lipinski definition) is 1. The van der Waals surface area contributed by atoms with E-state index < -0.39 is 16.0 Å². The van der Waals surface area contributed by atoms with E-state index in [0.717, 1.165) is 22.9 Å². The average molecular weight is 333 g/mol. The highest BCUT2D eigenvalue weighted by Gasteiger charge is 2.19. The molecule has 0 heterocycles. The predicted molar refractivity (Wildman–Crippen MR) is 90.3 cm³/mol. The highest BCUT2D eigenvalue weighted by molar-refractivity contribution is 7.92. The van der Waals surface area contributed by atoms with E-state index in [-0.39, 0.29) is 12.1 Å². The van der Waals surface area contributed by atoms with Crippen molar-refractivity contribution in [2.75, 3.05) is 10.6 Å². The summed E-state index contributed by atoms with van der Waals surface area (Å²) in [4.78, 5) is 10.9. The minimum atomic E-state index is -3.46. The van der Waals surface area contributed by atoms with Crippen LogP contribution in [0.2, 0.25) is 0 Å². The number of hydrogen-bond acceptors (Lipinski definition) is 3. The fourth-order valence-electron chi connectivity index (χ4n) is 2.38. The molecule has 0 spiro atoms. The molecule has 5 nitrogen and oxygen atoms in total. The molecule has 2 rings (SSSR count). The van der Waals surface area contributed by atoms with Crippen LogP contribution in [0.3, 0.4) is 0 Å². The zero-order chi connectivity index (χ0) is 17.2. The lowest BCUT2D eigenvalue weighted by atomic mass is 10.1. The van der Waals surface area contributed by atoms with Crippen molar-refractivity contribution in [3.63, 3.8) is 0 Å². The largest absolute Gasteiger partial charge is 0.478 e. The number of anilines is 1. The molecule has 2 aromatic carbocycles. The van der Waals surface area contributed by atoms with Crippen molar-refractivity contribution in [1.82, 2.24) is 0 Å². The van der Waals surface area contributed by atoms with E-state index in [1.807, 2.05) is 26.0 Å². The van der Waals surface area contributed by atoms with Crippen LogP contribution in [0, 0.1) is 13.8 Å². The smallest absolute Gasteiger partial charge is 0.335 e. The first-order valence-corrected chi connectivity index (χ1v) is 8.90. The molecule has 0 unspecified atom stereocenters. The second-order valence-corrected chi connectivity index (χ2v) is 7.47. The van der Waals surface area contributed by atoms with Crippen LogP contribution in [0.5, 0.6) is 0 Å². The number of nitrogens with zero attached hydrogens (tertiary/aromatic N) is 1. The van der Waals surface area contributed by atoms with Gasteiger partial charge in [0.25, 0.3) is 0 Å². The van der Waals surface area contributed by atoms with Gasteiger partial charge in [-0.3, -0.25) is 4.31 Å². The van der Waals surface area contributed by atoms with E-state index in [1.54, 1.807) is 18.2 Å². The molecule has 0 radical (unpaired) electrons. The molecule has 0 saturated carbocycles. The van der Waals surface area contributed by atoms with E-state index in [2.05, 4.69) is 0 Å². The number of aromatic carboxylic acids is 1. The molecular formula is C17H19NO4S. The third-order valence-electron chi connectivity index (χ3n) is 3.55. The SMILES string of the molecule is Cc1ccc(N(Cc2ccc(C(=O)O)cc2)S(C)(=O)=O)c(C)c1. The van der Waals surface area contributed by atoms with Gasteiger partial charge in [-0.1, -0.05) is 29.8 Å². The van der Waals surface area contributed by atoms with Gasteiger partial charge in [0, 0.05) is 0 Å². The molecule has 0 bridgehead atoms. The third-order valence-corrected chi connectivity index (χ3v) is 4.67. The van der Waals surface area contributed by atoms with Gasteiger partial charge in [0.05, 0.1) is 24.1 Å². The fraction of sp³-hybridized carbons (Fsp3) is 0.235. The van der Waals surface area contributed by atoms with Crippen molar-refractivity contribution in [1.29, 1.82) is 0 Å². The quantitative estimate of drug-likeness (QED) is 0.913. The lowest BCUT2D eigenvalue weighted by Gasteiger charge is -2.24. The molecular weight excluding hydrogens is 314 g/mol. The molecule has 0 saturated heterocycles. The number of aryl methyl sites for hydroxylation is 2. The summed E-state index contributed by atoms with van der Waals surface area (Å²) in [5, 5.41) is 8.92. The molecule has 0 atom stereocenters. The molecule has 23 heavy (non-hydrogen) atoms. The molecule has 0 aliphatic carbocycles. The van der Waals surface area contributed by atoms with Crippen molar-refractivity contribution < 1.29 is 18.3 Å². The third kappa shape index (κ3) is 4.10. The Labute approximate surface area is 136 Å². The van der Waals surface area contributed by atoms with Gasteiger partial charge in [0.1, 0.15) is 0 Å². The first kappa shape index (κ1) is 17.0. The number of rotatable bonds is 5. The van der Waals surface area contributed by atoms with Crippen molar-refractivity contribution in [3.05, 3.63) is 64.7 Å². The molecule has 0 fully saturated rings. The van der Waals surface area contributed by atoms with Crippen LogP contribution in [0.1, 0.15) is 27.0 Å². The fourth-order valence-corrected chi connectivity index (χ4v) is 3.33. The Balaban J connectivity index is 2.39. The normalized spacial score (nSPS) is 11.3. The average Bonchev–Trinajstić information content (AvgIpc) is 2.45. The van der Waals surface area contributed by atoms with E-state index in [4.69, 9.17) is 5.11 Å². The summed E-state index contributed by atoms with van der Waals surface area (Å²) in [5.41, 5.74) is 3.45. The summed E-state index contributed by atoms with van der Waals surface area (Å²) in [6.07, 6.45) is 1.16. The first-order valence-electron chi connectivity index (χ1n) is 7.05. The van der Waals surface area contributed by atoms with Crippen LogP contribution in [-0.4, -0.2) is 25.7 Å². The van der Waals surface area contributed by atoms with Crippen molar-refractivity contribution >= 4 is 21.7 Å². The van der Waals surface area contributed by atoms with Crippen molar-refractivity contribution in [3.8, 4) is 0 Å². The summed E-state index contributed by atoms with van der Waals surface area (Å²) in [7, 11) is -3.46. The summed E-state index contributed by atoms with van der Waals surface area (Å²) >= 11 is 0. The Morgan fingerprint density at radius 3 is 2.17 bits per heavy atom. The number of carboxylic acids is 1. The van der Waals surface area contributed by atoms with Crippen LogP contribution in [0.15, 0.2) is 42.5 Å². The second kappa shape index (κ2) is 6.42. The Morgan fingerprint density at radius 2 is 1.70 bits per heavy atom. The lowest BCUT2D eigenvalue weighted by Crippen LogP contribution is -2.30. The number of benzene rings is 2. The monoisotopic (exact) mass is 333 g/mol. The highest BCUT2D eigenvalue weighted by Crippen LogP contribution is 2.25. The predicted octanol–water partition coefficient (Wildman–Crippen LogP) is 2.97. The van der Waals surface area contributed by atoms with Crippen LogP contribution in [-0.2, 0) is 16.6 Å². The molecule has 6 heteroatoms. The van der Waals surface area contributed by atoms with Crippen molar-refractivity contribution in [2.24, 2.45) is 0 Å². The maximum absolute atomic E-state index is 12.2. The summed E-state index contributed by atoms with van der Waals surface area (Å²) in [6, 6.07) is 11.8. The molecule has 122 valence electrons. The van der Waals surface area contributed by atoms with Crippen LogP contribution >= 0.6 is 0 Å². The maximum atomic E-state index is 12.2. The highest BCUT2D eigenvalue weighted by atomic mass is 32.2. The van der Waals surface area contributed by atoms with Gasteiger partial charge in [-0.05, 0) is 43.2 Å². The van der Waals surface area contributed by atoms with Gasteiger partial charge in [-0.15, -0.1) is 0 Å². The van der Waals surface area contributed by atoms with Crippen LogP contribution in [0.25, 0.3) is 0 Å². The topological polar surface area (TPSA) is 74.7 Å². The minimum absolute atomic E-state index is 0.155. The van der Waals surface area contributed by atoms with Gasteiger partial charge >= 0.3 is 5.97 Å². The van der Waals surface area contributed by atoms with E-state index >= 15 is 0 Å². The molecule has 0 amide bonds. The maximum Gasteiger partial charge on any atom is 0.335 e. The Bertz CT molecular complexity index is 826. The van der Waals surface area contributed by atoms with E-state index in [1.165, 1.54) is 16.4 Å². The Hall–Kier alpha value is -2.34. The van der Waals surface area contributed by atoms with Gasteiger partial charge in [-0.2, -0.15) is 0 Å². The van der Waals surface area contributed by atoms with Gasteiger partial charge < -0.3 is 5.11 Å². The van der Waals surface area contributed by atoms with Crippen molar-refractivity contribution in [2.45, 2.75) is 20.4 Å². The number of sulfonamides is 1. The standard InChI is InChI=1S/C17H19NO4S/c1-12-4-9-16(13(2)10-12)18(23(3,21)22)11-14-5-7-15(8-6-14)17(19)20/h4-10H,11H2,1-3H3,(H,19,20). The van der Waals surface area contributed by atoms with E-state index in [0.29, 0.717) is 5.69 Å². The van der Waals surface area contributed by atoms with Gasteiger partial charge in [0.2, 0.25) is 10.0 Å². The molecule has 0 aliphatic heterocycles. The minimum Gasteiger partial charge on any atom is -0.478 e. The van der Waals surface area contributed by atoms with Gasteiger partial charge in [0.15, 0.2) is 0 Å². The second-order valence-electron chi connectivity index (χ2n) is 5.56. The van der Waals surface area contributed by atoms with Crippen LogP contribution in [0.4, 0.5) is 5.69 Å². The van der Waals surface area contributed by atoms with E-state index in [9.17, 15) is 13.2 Å². The molecule has 2 aromatic rings. The lowest BCUT2D eigenvalue weighted by molar-refractivity contribution is 0.0697. The summed E-state index contributed by atoms with van der Waals surface area (Å²) < 4.78 is 25.7. The molecule has 0 aliphatic rings. The zero-order valence-corrected chi connectivity index (χ0v) is 14.1. The number of carbonyl (C=O) groups is 1. The summed E-state index contributed by atoms with van der Waals surface area (Å²) in [5.74, 6) is -1.01. The van der Waals surface area contributed by atoms with Gasteiger partial charge in [-0.25, -0.2) is 13.2 Å².